The van der Waals surface area contributed by atoms with Crippen molar-refractivity contribution in [3.63, 3.8) is 0 Å². The molecule has 2 bridgehead atoms. The molecule has 1 aromatic rings. The summed E-state index contributed by atoms with van der Waals surface area (Å²) in [6.45, 7) is 4.68. The Labute approximate surface area is 159 Å². The molecule has 26 heavy (non-hydrogen) atoms. The summed E-state index contributed by atoms with van der Waals surface area (Å²) in [5, 5.41) is 15.9. The van der Waals surface area contributed by atoms with Crippen LogP contribution in [-0.4, -0.2) is 23.0 Å². The number of hydrogen-bond acceptors (Lipinski definition) is 3. The minimum atomic E-state index is -0.732. The number of carbonyl (C=O) groups is 2. The lowest BCUT2D eigenvalue weighted by Crippen LogP contribution is -2.63. The monoisotopic (exact) mass is 375 g/mol. The zero-order valence-electron chi connectivity index (χ0n) is 15.6. The van der Waals surface area contributed by atoms with Crippen LogP contribution in [0.3, 0.4) is 0 Å². The number of fused-ring (bicyclic) bond motifs is 2. The molecule has 1 aromatic heterocycles. The molecule has 3 saturated carbocycles. The van der Waals surface area contributed by atoms with Crippen LogP contribution in [0.25, 0.3) is 0 Å². The summed E-state index contributed by atoms with van der Waals surface area (Å²) >= 11 is 1.55. The first-order valence-corrected chi connectivity index (χ1v) is 10.5. The Balaban J connectivity index is 1.59. The molecule has 1 unspecified atom stereocenters. The van der Waals surface area contributed by atoms with Gasteiger partial charge in [-0.05, 0) is 66.7 Å². The highest BCUT2D eigenvalue weighted by Crippen LogP contribution is 2.61. The van der Waals surface area contributed by atoms with Crippen molar-refractivity contribution in [2.45, 2.75) is 58.4 Å². The molecule has 4 rings (SSSR count). The highest BCUT2D eigenvalue weighted by molar-refractivity contribution is 7.08. The van der Waals surface area contributed by atoms with E-state index in [0.29, 0.717) is 23.7 Å². The number of carboxylic acid groups (broad SMARTS) is 1. The second-order valence-corrected chi connectivity index (χ2v) is 9.14. The fourth-order valence-electron chi connectivity index (χ4n) is 4.76. The van der Waals surface area contributed by atoms with E-state index in [2.05, 4.69) is 31.3 Å². The summed E-state index contributed by atoms with van der Waals surface area (Å²) in [6.07, 6.45) is 9.37. The fourth-order valence-corrected chi connectivity index (χ4v) is 5.39. The Morgan fingerprint density at radius 2 is 2.15 bits per heavy atom. The van der Waals surface area contributed by atoms with Crippen molar-refractivity contribution >= 4 is 23.2 Å². The average molecular weight is 376 g/mol. The molecule has 5 heteroatoms. The molecule has 3 aliphatic rings. The molecule has 0 aromatic carbocycles. The van der Waals surface area contributed by atoms with E-state index in [0.717, 1.165) is 30.7 Å². The van der Waals surface area contributed by atoms with Crippen molar-refractivity contribution in [1.29, 1.82) is 0 Å². The van der Waals surface area contributed by atoms with Gasteiger partial charge in [0.1, 0.15) is 0 Å². The number of amides is 1. The summed E-state index contributed by atoms with van der Waals surface area (Å²) in [4.78, 5) is 23.2. The highest BCUT2D eigenvalue weighted by atomic mass is 32.1. The zero-order valence-corrected chi connectivity index (χ0v) is 16.4. The Morgan fingerprint density at radius 3 is 2.81 bits per heavy atom. The quantitative estimate of drug-likeness (QED) is 0.510. The summed E-state index contributed by atoms with van der Waals surface area (Å²) in [5.41, 5.74) is 1.08. The van der Waals surface area contributed by atoms with Crippen LogP contribution in [0.2, 0.25) is 0 Å². The van der Waals surface area contributed by atoms with Gasteiger partial charge in [0.05, 0.1) is 0 Å². The second kappa shape index (κ2) is 7.95. The minimum absolute atomic E-state index is 0.0489. The first-order valence-electron chi connectivity index (χ1n) is 9.59. The molecule has 4 atom stereocenters. The number of rotatable bonds is 8. The molecule has 142 valence electrons. The lowest BCUT2D eigenvalue weighted by molar-refractivity contribution is -0.137. The third-order valence-electron chi connectivity index (χ3n) is 6.52. The zero-order chi connectivity index (χ0) is 18.7. The van der Waals surface area contributed by atoms with Crippen LogP contribution in [0, 0.1) is 23.2 Å². The van der Waals surface area contributed by atoms with Crippen LogP contribution >= 0.6 is 11.3 Å². The molecule has 0 radical (unpaired) electrons. The van der Waals surface area contributed by atoms with Crippen LogP contribution in [-0.2, 0) is 4.79 Å². The Morgan fingerprint density at radius 1 is 1.35 bits per heavy atom. The van der Waals surface area contributed by atoms with Gasteiger partial charge in [-0.1, -0.05) is 26.0 Å². The number of hydrogen-bond donors (Lipinski definition) is 2. The smallest absolute Gasteiger partial charge is 0.303 e. The van der Waals surface area contributed by atoms with Gasteiger partial charge in [-0.3, -0.25) is 9.59 Å². The fraction of sp³-hybridized carbons (Fsp3) is 0.619. The normalized spacial score (nSPS) is 29.3. The molecule has 3 fully saturated rings. The maximum atomic E-state index is 12.6. The largest absolute Gasteiger partial charge is 0.481 e. The molecule has 0 saturated heterocycles. The van der Waals surface area contributed by atoms with Gasteiger partial charge in [0.25, 0.3) is 5.91 Å². The van der Waals surface area contributed by atoms with Crippen molar-refractivity contribution in [1.82, 2.24) is 5.32 Å². The second-order valence-electron chi connectivity index (χ2n) is 8.36. The average Bonchev–Trinajstić information content (AvgIpc) is 3.13. The predicted octanol–water partition coefficient (Wildman–Crippen LogP) is 4.73. The molecule has 4 nitrogen and oxygen atoms in total. The molecular formula is C21H29NO3S. The number of allylic oxidation sites excluding steroid dienone is 2. The third kappa shape index (κ3) is 4.03. The number of carboxylic acids is 1. The maximum absolute atomic E-state index is 12.6. The first-order chi connectivity index (χ1) is 12.4. The van der Waals surface area contributed by atoms with Crippen molar-refractivity contribution in [3.8, 4) is 0 Å². The number of carbonyl (C=O) groups excluding carboxylic acids is 1. The molecule has 2 N–H and O–H groups in total. The van der Waals surface area contributed by atoms with E-state index in [1.807, 2.05) is 16.8 Å². The molecular weight excluding hydrogens is 346 g/mol. The summed E-state index contributed by atoms with van der Waals surface area (Å²) in [6, 6.07) is 2.11. The van der Waals surface area contributed by atoms with E-state index < -0.39 is 5.97 Å². The number of thiophene rings is 1. The SMILES string of the molecule is CC1(C)[C@H]2CC(C/C=C\CCCC(=O)O)[C@@H](NC(=O)c3ccsc3)[C@@H]1C2. The topological polar surface area (TPSA) is 66.4 Å². The van der Waals surface area contributed by atoms with Crippen LogP contribution in [0.15, 0.2) is 29.0 Å². The van der Waals surface area contributed by atoms with Crippen LogP contribution in [0.4, 0.5) is 0 Å². The molecule has 1 heterocycles. The third-order valence-corrected chi connectivity index (χ3v) is 7.21. The lowest BCUT2D eigenvalue weighted by Gasteiger charge is -2.62. The van der Waals surface area contributed by atoms with Gasteiger partial charge < -0.3 is 10.4 Å². The van der Waals surface area contributed by atoms with Crippen LogP contribution < -0.4 is 5.32 Å². The molecule has 3 aliphatic carbocycles. The summed E-state index contributed by atoms with van der Waals surface area (Å²) < 4.78 is 0. The standard InChI is InChI=1S/C21H29NO3S/c1-21(2)16-11-14(7-5-3-4-6-8-18(23)24)19(17(21)12-16)22-20(25)15-9-10-26-13-15/h3,5,9-10,13-14,16-17,19H,4,6-8,11-12H2,1-2H3,(H,22,25)(H,23,24)/b5-3-/t14?,16-,17-,19+/m0/s1. The highest BCUT2D eigenvalue weighted by Gasteiger charge is 2.57. The Hall–Kier alpha value is -1.62. The van der Waals surface area contributed by atoms with E-state index in [1.165, 1.54) is 6.42 Å². The minimum Gasteiger partial charge on any atom is -0.481 e. The van der Waals surface area contributed by atoms with E-state index in [4.69, 9.17) is 5.11 Å². The first kappa shape index (κ1) is 19.2. The van der Waals surface area contributed by atoms with Crippen molar-refractivity contribution in [2.24, 2.45) is 23.2 Å². The van der Waals surface area contributed by atoms with Gasteiger partial charge >= 0.3 is 5.97 Å². The number of aliphatic carboxylic acids is 1. The van der Waals surface area contributed by atoms with E-state index in [-0.39, 0.29) is 18.4 Å². The van der Waals surface area contributed by atoms with Crippen molar-refractivity contribution in [3.05, 3.63) is 34.5 Å². The Kier molecular flexibility index (Phi) is 5.86. The summed E-state index contributed by atoms with van der Waals surface area (Å²) in [5.74, 6) is 1.10. The van der Waals surface area contributed by atoms with Crippen LogP contribution in [0.5, 0.6) is 0 Å². The lowest BCUT2D eigenvalue weighted by atomic mass is 9.44. The van der Waals surface area contributed by atoms with Gasteiger partial charge in [-0.2, -0.15) is 11.3 Å². The number of nitrogens with one attached hydrogen (secondary N) is 1. The molecule has 0 aliphatic heterocycles. The molecule has 0 spiro atoms. The van der Waals surface area contributed by atoms with Crippen LogP contribution in [0.1, 0.15) is 62.7 Å². The van der Waals surface area contributed by atoms with Crippen molar-refractivity contribution in [2.75, 3.05) is 0 Å². The van der Waals surface area contributed by atoms with E-state index in [1.54, 1.807) is 11.3 Å². The molecule has 1 amide bonds. The maximum Gasteiger partial charge on any atom is 0.303 e. The van der Waals surface area contributed by atoms with Gasteiger partial charge in [-0.15, -0.1) is 0 Å². The van der Waals surface area contributed by atoms with Gasteiger partial charge in [0.15, 0.2) is 0 Å². The predicted molar refractivity (Wildman–Crippen MR) is 104 cm³/mol. The van der Waals surface area contributed by atoms with Gasteiger partial charge in [0, 0.05) is 23.4 Å². The van der Waals surface area contributed by atoms with Gasteiger partial charge in [0.2, 0.25) is 0 Å². The van der Waals surface area contributed by atoms with Crippen molar-refractivity contribution < 1.29 is 14.7 Å². The summed E-state index contributed by atoms with van der Waals surface area (Å²) in [7, 11) is 0. The van der Waals surface area contributed by atoms with Gasteiger partial charge in [-0.25, -0.2) is 0 Å². The number of unbranched alkanes of at least 4 members (excludes halogenated alkanes) is 1. The van der Waals surface area contributed by atoms with E-state index >= 15 is 0 Å². The Bertz CT molecular complexity index is 665. The van der Waals surface area contributed by atoms with E-state index in [9.17, 15) is 9.59 Å².